The maximum absolute atomic E-state index is 11.7. The zero-order valence-electron chi connectivity index (χ0n) is 11.3. The fourth-order valence-electron chi connectivity index (χ4n) is 1.68. The van der Waals surface area contributed by atoms with E-state index in [0.717, 1.165) is 0 Å². The Bertz CT molecular complexity index is 619. The summed E-state index contributed by atoms with van der Waals surface area (Å²) >= 11 is 5.83. The van der Waals surface area contributed by atoms with E-state index in [9.17, 15) is 4.79 Å². The summed E-state index contributed by atoms with van der Waals surface area (Å²) in [7, 11) is 0. The van der Waals surface area contributed by atoms with Gasteiger partial charge in [-0.2, -0.15) is 0 Å². The standard InChI is InChI=1S/C15H16ClN3O2/c16-11-4-3-5-12(10-11)19-15(20)18-8-9-21-14-7-2-1-6-13(14)17/h1-7,10H,8-9,17H2,(H2,18,19,20). The van der Waals surface area contributed by atoms with E-state index < -0.39 is 0 Å². The second-order valence-corrected chi connectivity index (χ2v) is 4.71. The van der Waals surface area contributed by atoms with Crippen molar-refractivity contribution in [2.24, 2.45) is 0 Å². The summed E-state index contributed by atoms with van der Waals surface area (Å²) in [5, 5.41) is 5.92. The van der Waals surface area contributed by atoms with Gasteiger partial charge in [0.05, 0.1) is 12.2 Å². The first-order valence-electron chi connectivity index (χ1n) is 6.43. The maximum Gasteiger partial charge on any atom is 0.319 e. The van der Waals surface area contributed by atoms with Crippen molar-refractivity contribution >= 4 is 29.0 Å². The Morgan fingerprint density at radius 1 is 1.19 bits per heavy atom. The molecule has 0 radical (unpaired) electrons. The predicted molar refractivity (Wildman–Crippen MR) is 84.8 cm³/mol. The molecule has 0 heterocycles. The lowest BCUT2D eigenvalue weighted by atomic mass is 10.3. The Labute approximate surface area is 128 Å². The number of halogens is 1. The summed E-state index contributed by atoms with van der Waals surface area (Å²) in [5.41, 5.74) is 6.94. The molecule has 0 atom stereocenters. The molecule has 4 N–H and O–H groups in total. The Kier molecular flexibility index (Phi) is 5.29. The van der Waals surface area contributed by atoms with Crippen LogP contribution in [0.4, 0.5) is 16.2 Å². The molecule has 2 aromatic rings. The predicted octanol–water partition coefficient (Wildman–Crippen LogP) is 3.12. The minimum Gasteiger partial charge on any atom is -0.490 e. The van der Waals surface area contributed by atoms with Gasteiger partial charge in [-0.05, 0) is 30.3 Å². The van der Waals surface area contributed by atoms with Crippen LogP contribution in [0.2, 0.25) is 5.02 Å². The second kappa shape index (κ2) is 7.40. The zero-order chi connectivity index (χ0) is 15.1. The first kappa shape index (κ1) is 15.0. The van der Waals surface area contributed by atoms with Gasteiger partial charge in [0.25, 0.3) is 0 Å². The normalized spacial score (nSPS) is 9.95. The Balaban J connectivity index is 1.71. The van der Waals surface area contributed by atoms with Gasteiger partial charge in [-0.3, -0.25) is 0 Å². The average molecular weight is 306 g/mol. The third kappa shape index (κ3) is 4.89. The van der Waals surface area contributed by atoms with Gasteiger partial charge in [-0.1, -0.05) is 29.8 Å². The SMILES string of the molecule is Nc1ccccc1OCCNC(=O)Nc1cccc(Cl)c1. The largest absolute Gasteiger partial charge is 0.490 e. The number of hydrogen-bond acceptors (Lipinski definition) is 3. The van der Waals surface area contributed by atoms with Crippen molar-refractivity contribution in [2.45, 2.75) is 0 Å². The highest BCUT2D eigenvalue weighted by molar-refractivity contribution is 6.30. The second-order valence-electron chi connectivity index (χ2n) is 4.28. The summed E-state index contributed by atoms with van der Waals surface area (Å²) in [6.45, 7) is 0.692. The van der Waals surface area contributed by atoms with E-state index in [1.807, 2.05) is 12.1 Å². The number of anilines is 2. The van der Waals surface area contributed by atoms with E-state index in [1.54, 1.807) is 36.4 Å². The lowest BCUT2D eigenvalue weighted by molar-refractivity contribution is 0.247. The van der Waals surface area contributed by atoms with E-state index in [0.29, 0.717) is 35.3 Å². The third-order valence-corrected chi connectivity index (χ3v) is 2.88. The van der Waals surface area contributed by atoms with E-state index >= 15 is 0 Å². The quantitative estimate of drug-likeness (QED) is 0.587. The summed E-state index contributed by atoms with van der Waals surface area (Å²) < 4.78 is 5.47. The molecule has 0 fully saturated rings. The van der Waals surface area contributed by atoms with Gasteiger partial charge in [0.1, 0.15) is 12.4 Å². The van der Waals surface area contributed by atoms with Gasteiger partial charge < -0.3 is 21.1 Å². The van der Waals surface area contributed by atoms with Crippen LogP contribution in [0.5, 0.6) is 5.75 Å². The van der Waals surface area contributed by atoms with Crippen molar-refractivity contribution in [3.8, 4) is 5.75 Å². The first-order chi connectivity index (χ1) is 10.1. The van der Waals surface area contributed by atoms with Gasteiger partial charge in [0, 0.05) is 10.7 Å². The Morgan fingerprint density at radius 2 is 2.00 bits per heavy atom. The van der Waals surface area contributed by atoms with Crippen LogP contribution in [-0.2, 0) is 0 Å². The summed E-state index contributed by atoms with van der Waals surface area (Å²) in [6, 6.07) is 13.8. The number of para-hydroxylation sites is 2. The highest BCUT2D eigenvalue weighted by atomic mass is 35.5. The number of nitrogens with one attached hydrogen (secondary N) is 2. The van der Waals surface area contributed by atoms with Crippen molar-refractivity contribution in [3.63, 3.8) is 0 Å². The molecule has 0 spiro atoms. The third-order valence-electron chi connectivity index (χ3n) is 2.65. The topological polar surface area (TPSA) is 76.4 Å². The van der Waals surface area contributed by atoms with Gasteiger partial charge in [0.15, 0.2) is 0 Å². The molecule has 2 aromatic carbocycles. The maximum atomic E-state index is 11.7. The van der Waals surface area contributed by atoms with Crippen LogP contribution in [0.25, 0.3) is 0 Å². The summed E-state index contributed by atoms with van der Waals surface area (Å²) in [6.07, 6.45) is 0. The average Bonchev–Trinajstić information content (AvgIpc) is 2.45. The highest BCUT2D eigenvalue weighted by Gasteiger charge is 2.02. The minimum atomic E-state index is -0.318. The van der Waals surface area contributed by atoms with Crippen LogP contribution < -0.4 is 21.1 Å². The lowest BCUT2D eigenvalue weighted by Gasteiger charge is -2.10. The number of carbonyl (C=O) groups excluding carboxylic acids is 1. The van der Waals surface area contributed by atoms with Crippen LogP contribution in [0.15, 0.2) is 48.5 Å². The molecule has 0 bridgehead atoms. The molecular weight excluding hydrogens is 290 g/mol. The molecule has 0 saturated heterocycles. The van der Waals surface area contributed by atoms with Crippen molar-refractivity contribution < 1.29 is 9.53 Å². The number of ether oxygens (including phenoxy) is 1. The van der Waals surface area contributed by atoms with E-state index in [1.165, 1.54) is 0 Å². The number of carbonyl (C=O) groups is 1. The molecule has 5 nitrogen and oxygen atoms in total. The van der Waals surface area contributed by atoms with Crippen molar-refractivity contribution in [3.05, 3.63) is 53.6 Å². The molecule has 2 amide bonds. The minimum absolute atomic E-state index is 0.318. The molecule has 2 rings (SSSR count). The van der Waals surface area contributed by atoms with E-state index in [4.69, 9.17) is 22.1 Å². The van der Waals surface area contributed by atoms with E-state index in [2.05, 4.69) is 10.6 Å². The molecule has 0 aliphatic carbocycles. The zero-order valence-corrected chi connectivity index (χ0v) is 12.1. The van der Waals surface area contributed by atoms with Crippen LogP contribution in [0, 0.1) is 0 Å². The number of amides is 2. The van der Waals surface area contributed by atoms with Crippen LogP contribution >= 0.6 is 11.6 Å². The van der Waals surface area contributed by atoms with Crippen molar-refractivity contribution in [2.75, 3.05) is 24.2 Å². The van der Waals surface area contributed by atoms with Gasteiger partial charge in [-0.15, -0.1) is 0 Å². The van der Waals surface area contributed by atoms with Crippen LogP contribution in [0.1, 0.15) is 0 Å². The fourth-order valence-corrected chi connectivity index (χ4v) is 1.87. The molecule has 110 valence electrons. The molecule has 0 aliphatic rings. The van der Waals surface area contributed by atoms with Crippen LogP contribution in [-0.4, -0.2) is 19.2 Å². The number of nitrogen functional groups attached to an aromatic ring is 1. The number of rotatable bonds is 5. The molecule has 0 saturated carbocycles. The number of benzene rings is 2. The van der Waals surface area contributed by atoms with Gasteiger partial charge >= 0.3 is 6.03 Å². The fraction of sp³-hybridized carbons (Fsp3) is 0.133. The summed E-state index contributed by atoms with van der Waals surface area (Å²) in [4.78, 5) is 11.7. The summed E-state index contributed by atoms with van der Waals surface area (Å²) in [5.74, 6) is 0.606. The molecule has 6 heteroatoms. The van der Waals surface area contributed by atoms with Crippen molar-refractivity contribution in [1.29, 1.82) is 0 Å². The van der Waals surface area contributed by atoms with Crippen LogP contribution in [0.3, 0.4) is 0 Å². The number of nitrogens with two attached hydrogens (primary N) is 1. The van der Waals surface area contributed by atoms with Crippen molar-refractivity contribution in [1.82, 2.24) is 5.32 Å². The smallest absolute Gasteiger partial charge is 0.319 e. The Hall–Kier alpha value is -2.40. The molecular formula is C15H16ClN3O2. The Morgan fingerprint density at radius 3 is 2.76 bits per heavy atom. The molecule has 0 unspecified atom stereocenters. The monoisotopic (exact) mass is 305 g/mol. The molecule has 0 aliphatic heterocycles. The lowest BCUT2D eigenvalue weighted by Crippen LogP contribution is -2.32. The molecule has 21 heavy (non-hydrogen) atoms. The van der Waals surface area contributed by atoms with Gasteiger partial charge in [-0.25, -0.2) is 4.79 Å². The number of urea groups is 1. The molecule has 0 aromatic heterocycles. The van der Waals surface area contributed by atoms with E-state index in [-0.39, 0.29) is 6.03 Å². The van der Waals surface area contributed by atoms with Gasteiger partial charge in [0.2, 0.25) is 0 Å². The first-order valence-corrected chi connectivity index (χ1v) is 6.80. The number of hydrogen-bond donors (Lipinski definition) is 3. The highest BCUT2D eigenvalue weighted by Crippen LogP contribution is 2.19.